The number of nitrogens with zero attached hydrogens (tertiary/aromatic N) is 2. The molecule has 0 aliphatic carbocycles. The van der Waals surface area contributed by atoms with Gasteiger partial charge in [-0.3, -0.25) is 20.4 Å². The average Bonchev–Trinajstić information content (AvgIpc) is 3.53. The van der Waals surface area contributed by atoms with Gasteiger partial charge in [-0.2, -0.15) is 11.3 Å². The van der Waals surface area contributed by atoms with E-state index in [4.69, 9.17) is 16.0 Å². The summed E-state index contributed by atoms with van der Waals surface area (Å²) in [6.45, 7) is 0. The topological polar surface area (TPSA) is 97.1 Å². The van der Waals surface area contributed by atoms with Gasteiger partial charge in [-0.15, -0.1) is 22.0 Å². The molecule has 2 heterocycles. The quantitative estimate of drug-likeness (QED) is 0.258. The Morgan fingerprint density at radius 3 is 2.52 bits per heavy atom. The van der Waals surface area contributed by atoms with Gasteiger partial charge in [0.05, 0.1) is 0 Å². The third kappa shape index (κ3) is 6.67. The summed E-state index contributed by atoms with van der Waals surface area (Å²) in [4.78, 5) is 25.5. The van der Waals surface area contributed by atoms with Gasteiger partial charge in [-0.05, 0) is 53.4 Å². The Bertz CT molecular complexity index is 1210. The molecule has 4 rings (SSSR count). The zero-order chi connectivity index (χ0) is 23.0. The minimum atomic E-state index is -0.391. The van der Waals surface area contributed by atoms with Crippen molar-refractivity contribution in [1.82, 2.24) is 21.0 Å². The molecule has 0 spiro atoms. The van der Waals surface area contributed by atoms with E-state index in [1.54, 1.807) is 23.9 Å². The van der Waals surface area contributed by atoms with E-state index in [0.717, 1.165) is 21.8 Å². The first-order valence-electron chi connectivity index (χ1n) is 9.98. The first-order chi connectivity index (χ1) is 16.1. The molecule has 0 fully saturated rings. The van der Waals surface area contributed by atoms with Gasteiger partial charge in [0.2, 0.25) is 17.7 Å². The molecule has 2 N–H and O–H groups in total. The van der Waals surface area contributed by atoms with Crippen LogP contribution in [0.15, 0.2) is 74.7 Å². The molecule has 0 aliphatic rings. The number of rotatable bonds is 8. The summed E-state index contributed by atoms with van der Waals surface area (Å²) >= 11 is 9.12. The van der Waals surface area contributed by atoms with Gasteiger partial charge >= 0.3 is 0 Å². The molecule has 0 unspecified atom stereocenters. The highest BCUT2D eigenvalue weighted by molar-refractivity contribution is 7.98. The monoisotopic (exact) mass is 498 g/mol. The number of hydrogen-bond acceptors (Lipinski definition) is 7. The molecular formula is C23H19ClN4O3S2. The fourth-order valence-electron chi connectivity index (χ4n) is 2.79. The number of halogens is 1. The van der Waals surface area contributed by atoms with Crippen LogP contribution in [-0.4, -0.2) is 22.0 Å². The number of aromatic nitrogens is 2. The zero-order valence-corrected chi connectivity index (χ0v) is 19.7. The first kappa shape index (κ1) is 23.0. The molecule has 0 atom stereocenters. The lowest BCUT2D eigenvalue weighted by atomic mass is 10.1. The van der Waals surface area contributed by atoms with Crippen LogP contribution in [0.1, 0.15) is 28.2 Å². The lowest BCUT2D eigenvalue weighted by Gasteiger charge is -2.08. The van der Waals surface area contributed by atoms with Crippen LogP contribution in [-0.2, 0) is 17.0 Å². The van der Waals surface area contributed by atoms with Crippen LogP contribution in [0.25, 0.3) is 11.5 Å². The highest BCUT2D eigenvalue weighted by atomic mass is 35.5. The standard InChI is InChI=1S/C23H19ClN4O3S2/c24-18-5-7-19(8-6-18)33-13-15-1-3-16(4-2-15)22(30)27-25-20(29)9-10-21-26-28-23(31-21)17-11-12-32-14-17/h1-8,11-12,14H,9-10,13H2,(H,25,29)(H,27,30). The Hall–Kier alpha value is -3.14. The van der Waals surface area contributed by atoms with Crippen molar-refractivity contribution in [1.29, 1.82) is 0 Å². The van der Waals surface area contributed by atoms with E-state index in [1.807, 2.05) is 53.2 Å². The SMILES string of the molecule is O=C(CCc1nnc(-c2ccsc2)o1)NNC(=O)c1ccc(CSc2ccc(Cl)cc2)cc1. The molecule has 33 heavy (non-hydrogen) atoms. The number of hydrogen-bond donors (Lipinski definition) is 2. The van der Waals surface area contributed by atoms with Crippen LogP contribution < -0.4 is 10.9 Å². The van der Waals surface area contributed by atoms with E-state index >= 15 is 0 Å². The van der Waals surface area contributed by atoms with Crippen LogP contribution in [0, 0.1) is 0 Å². The van der Waals surface area contributed by atoms with E-state index in [-0.39, 0.29) is 18.7 Å². The Labute approximate surface area is 203 Å². The zero-order valence-electron chi connectivity index (χ0n) is 17.3. The average molecular weight is 499 g/mol. The third-order valence-corrected chi connectivity index (χ3v) is 6.57. The van der Waals surface area contributed by atoms with E-state index < -0.39 is 5.91 Å². The minimum Gasteiger partial charge on any atom is -0.421 e. The van der Waals surface area contributed by atoms with Crippen LogP contribution in [0.2, 0.25) is 5.02 Å². The number of carbonyl (C=O) groups excluding carboxylic acids is 2. The second kappa shape index (κ2) is 11.1. The second-order valence-electron chi connectivity index (χ2n) is 6.95. The van der Waals surface area contributed by atoms with Crippen molar-refractivity contribution in [2.45, 2.75) is 23.5 Å². The number of amides is 2. The maximum atomic E-state index is 12.3. The van der Waals surface area contributed by atoms with Gasteiger partial charge in [-0.1, -0.05) is 23.7 Å². The number of thioether (sulfide) groups is 1. The molecule has 0 aliphatic heterocycles. The Morgan fingerprint density at radius 1 is 1.00 bits per heavy atom. The number of carbonyl (C=O) groups is 2. The van der Waals surface area contributed by atoms with Crippen molar-refractivity contribution in [2.24, 2.45) is 0 Å². The van der Waals surface area contributed by atoms with Crippen molar-refractivity contribution in [3.63, 3.8) is 0 Å². The van der Waals surface area contributed by atoms with Gasteiger partial charge in [0.25, 0.3) is 5.91 Å². The van der Waals surface area contributed by atoms with Crippen molar-refractivity contribution in [3.05, 3.63) is 87.4 Å². The molecule has 0 saturated carbocycles. The Kier molecular flexibility index (Phi) is 7.77. The van der Waals surface area contributed by atoms with E-state index in [9.17, 15) is 9.59 Å². The normalized spacial score (nSPS) is 10.7. The Balaban J connectivity index is 1.19. The summed E-state index contributed by atoms with van der Waals surface area (Å²) in [6, 6.07) is 16.8. The molecule has 2 aromatic heterocycles. The highest BCUT2D eigenvalue weighted by Gasteiger charge is 2.12. The van der Waals surface area contributed by atoms with Gasteiger partial charge in [0.15, 0.2) is 0 Å². The van der Waals surface area contributed by atoms with Gasteiger partial charge in [0.1, 0.15) is 0 Å². The number of hydrazine groups is 1. The fourth-order valence-corrected chi connectivity index (χ4v) is 4.40. The van der Waals surface area contributed by atoms with E-state index in [2.05, 4.69) is 21.0 Å². The van der Waals surface area contributed by atoms with E-state index in [0.29, 0.717) is 22.4 Å². The molecule has 2 amide bonds. The van der Waals surface area contributed by atoms with Crippen molar-refractivity contribution >= 4 is 46.5 Å². The van der Waals surface area contributed by atoms with Crippen LogP contribution >= 0.6 is 34.7 Å². The van der Waals surface area contributed by atoms with Gasteiger partial charge in [-0.25, -0.2) is 0 Å². The largest absolute Gasteiger partial charge is 0.421 e. The molecule has 10 heteroatoms. The highest BCUT2D eigenvalue weighted by Crippen LogP contribution is 2.24. The number of benzene rings is 2. The summed E-state index contributed by atoms with van der Waals surface area (Å²) < 4.78 is 5.55. The number of nitrogens with one attached hydrogen (secondary N) is 2. The summed E-state index contributed by atoms with van der Waals surface area (Å²) in [5.41, 5.74) is 7.22. The summed E-state index contributed by atoms with van der Waals surface area (Å²) in [5.74, 6) is 0.816. The third-order valence-electron chi connectivity index (χ3n) is 4.55. The molecule has 7 nitrogen and oxygen atoms in total. The predicted molar refractivity (Wildman–Crippen MR) is 129 cm³/mol. The summed E-state index contributed by atoms with van der Waals surface area (Å²) in [5, 5.41) is 12.5. The lowest BCUT2D eigenvalue weighted by molar-refractivity contribution is -0.121. The van der Waals surface area contributed by atoms with Crippen LogP contribution in [0.5, 0.6) is 0 Å². The summed E-state index contributed by atoms with van der Waals surface area (Å²) in [7, 11) is 0. The molecule has 168 valence electrons. The fraction of sp³-hybridized carbons (Fsp3) is 0.130. The smallest absolute Gasteiger partial charge is 0.269 e. The van der Waals surface area contributed by atoms with Crippen molar-refractivity contribution in [3.8, 4) is 11.5 Å². The van der Waals surface area contributed by atoms with Crippen LogP contribution in [0.4, 0.5) is 0 Å². The summed E-state index contributed by atoms with van der Waals surface area (Å²) in [6.07, 6.45) is 0.380. The predicted octanol–water partition coefficient (Wildman–Crippen LogP) is 5.14. The molecule has 2 aromatic carbocycles. The number of thiophene rings is 1. The van der Waals surface area contributed by atoms with Gasteiger partial charge in [0, 0.05) is 45.0 Å². The molecule has 0 saturated heterocycles. The molecular weight excluding hydrogens is 480 g/mol. The maximum absolute atomic E-state index is 12.3. The van der Waals surface area contributed by atoms with Crippen LogP contribution in [0.3, 0.4) is 0 Å². The second-order valence-corrected chi connectivity index (χ2v) is 9.22. The first-order valence-corrected chi connectivity index (χ1v) is 12.3. The van der Waals surface area contributed by atoms with Crippen molar-refractivity contribution in [2.75, 3.05) is 0 Å². The molecule has 0 radical (unpaired) electrons. The number of aryl methyl sites for hydroxylation is 1. The lowest BCUT2D eigenvalue weighted by Crippen LogP contribution is -2.41. The Morgan fingerprint density at radius 2 is 1.79 bits per heavy atom. The molecule has 0 bridgehead atoms. The minimum absolute atomic E-state index is 0.104. The van der Waals surface area contributed by atoms with Crippen molar-refractivity contribution < 1.29 is 14.0 Å². The maximum Gasteiger partial charge on any atom is 0.269 e. The van der Waals surface area contributed by atoms with Gasteiger partial charge < -0.3 is 4.42 Å². The molecule has 4 aromatic rings. The van der Waals surface area contributed by atoms with E-state index in [1.165, 1.54) is 11.3 Å².